The van der Waals surface area contributed by atoms with Gasteiger partial charge >= 0.3 is 0 Å². The molecule has 8 nitrogen and oxygen atoms in total. The van der Waals surface area contributed by atoms with Gasteiger partial charge in [-0.25, -0.2) is 8.78 Å². The van der Waals surface area contributed by atoms with E-state index in [-0.39, 0.29) is 43.3 Å². The van der Waals surface area contributed by atoms with Gasteiger partial charge < -0.3 is 30.1 Å². The van der Waals surface area contributed by atoms with Gasteiger partial charge in [-0.05, 0) is 37.0 Å². The average molecular weight is 498 g/mol. The Morgan fingerprint density at radius 3 is 2.71 bits per heavy atom. The molecule has 196 valence electrons. The van der Waals surface area contributed by atoms with E-state index < -0.39 is 29.7 Å². The summed E-state index contributed by atoms with van der Waals surface area (Å²) in [5.41, 5.74) is 0.324. The van der Waals surface area contributed by atoms with Crippen LogP contribution < -0.4 is 10.6 Å². The molecule has 0 aliphatic carbocycles. The van der Waals surface area contributed by atoms with Gasteiger partial charge in [0.1, 0.15) is 11.6 Å². The van der Waals surface area contributed by atoms with E-state index in [1.807, 2.05) is 0 Å². The molecule has 0 spiro atoms. The van der Waals surface area contributed by atoms with Crippen LogP contribution in [0.5, 0.6) is 0 Å². The fraction of sp³-hybridized carbons (Fsp3) is 0.680. The number of hydrogen-bond donors (Lipinski definition) is 3. The summed E-state index contributed by atoms with van der Waals surface area (Å²) in [6, 6.07) is 2.01. The number of carbonyl (C=O) groups excluding carboxylic acids is 2. The van der Waals surface area contributed by atoms with Gasteiger partial charge in [-0.3, -0.25) is 9.59 Å². The minimum absolute atomic E-state index is 0.0369. The molecule has 0 bridgehead atoms. The molecule has 2 heterocycles. The van der Waals surface area contributed by atoms with E-state index in [0.29, 0.717) is 38.3 Å². The zero-order chi connectivity index (χ0) is 25.4. The van der Waals surface area contributed by atoms with Crippen molar-refractivity contribution >= 4 is 11.8 Å². The lowest BCUT2D eigenvalue weighted by Crippen LogP contribution is -2.53. The smallest absolute Gasteiger partial charge is 0.225 e. The van der Waals surface area contributed by atoms with Gasteiger partial charge in [-0.15, -0.1) is 0 Å². The molecule has 35 heavy (non-hydrogen) atoms. The van der Waals surface area contributed by atoms with Crippen LogP contribution in [0.2, 0.25) is 0 Å². The molecule has 10 heteroatoms. The zero-order valence-corrected chi connectivity index (χ0v) is 20.5. The molecule has 5 atom stereocenters. The van der Waals surface area contributed by atoms with Crippen LogP contribution in [-0.2, 0) is 25.5 Å². The van der Waals surface area contributed by atoms with Crippen LogP contribution in [0.3, 0.4) is 0 Å². The molecule has 3 N–H and O–H groups in total. The summed E-state index contributed by atoms with van der Waals surface area (Å²) in [6.07, 6.45) is 1.57. The van der Waals surface area contributed by atoms with Crippen molar-refractivity contribution in [3.63, 3.8) is 0 Å². The lowest BCUT2D eigenvalue weighted by molar-refractivity contribution is -0.129. The average Bonchev–Trinajstić information content (AvgIpc) is 3.43. The number of ether oxygens (including phenoxy) is 2. The van der Waals surface area contributed by atoms with Crippen molar-refractivity contribution in [1.29, 1.82) is 0 Å². The summed E-state index contributed by atoms with van der Waals surface area (Å²) in [6.45, 7) is 4.34. The van der Waals surface area contributed by atoms with Crippen LogP contribution in [0.1, 0.15) is 38.2 Å². The second-order valence-electron chi connectivity index (χ2n) is 9.42. The highest BCUT2D eigenvalue weighted by molar-refractivity contribution is 5.89. The Morgan fingerprint density at radius 2 is 2.03 bits per heavy atom. The number of carbonyl (C=O) groups is 2. The van der Waals surface area contributed by atoms with Crippen LogP contribution in [0, 0.1) is 17.6 Å². The maximum Gasteiger partial charge on any atom is 0.225 e. The van der Waals surface area contributed by atoms with Crippen molar-refractivity contribution in [1.82, 2.24) is 15.5 Å². The molecule has 0 saturated carbocycles. The number of rotatable bonds is 13. The Morgan fingerprint density at radius 1 is 1.29 bits per heavy atom. The van der Waals surface area contributed by atoms with E-state index >= 15 is 0 Å². The Balaban J connectivity index is 1.68. The number of methoxy groups -OCH3 is 1. The van der Waals surface area contributed by atoms with Gasteiger partial charge in [0, 0.05) is 51.9 Å². The van der Waals surface area contributed by atoms with Gasteiger partial charge in [0.2, 0.25) is 11.8 Å². The van der Waals surface area contributed by atoms with Crippen LogP contribution in [0.25, 0.3) is 0 Å². The number of amides is 2. The van der Waals surface area contributed by atoms with E-state index in [0.717, 1.165) is 18.9 Å². The van der Waals surface area contributed by atoms with Crippen molar-refractivity contribution in [2.75, 3.05) is 40.0 Å². The summed E-state index contributed by atoms with van der Waals surface area (Å²) in [5.74, 6) is -2.51. The first kappa shape index (κ1) is 27.4. The summed E-state index contributed by atoms with van der Waals surface area (Å²) >= 11 is 0. The first-order valence-electron chi connectivity index (χ1n) is 12.4. The minimum Gasteiger partial charge on any atom is -0.389 e. The van der Waals surface area contributed by atoms with Crippen molar-refractivity contribution < 1.29 is 33.0 Å². The largest absolute Gasteiger partial charge is 0.389 e. The molecule has 0 radical (unpaired) electrons. The second-order valence-corrected chi connectivity index (χ2v) is 9.42. The van der Waals surface area contributed by atoms with E-state index in [4.69, 9.17) is 9.47 Å². The topological polar surface area (TPSA) is 100 Å². The van der Waals surface area contributed by atoms with Crippen LogP contribution >= 0.6 is 0 Å². The normalized spacial score (nSPS) is 24.1. The van der Waals surface area contributed by atoms with Crippen molar-refractivity contribution in [3.8, 4) is 0 Å². The Kier molecular flexibility index (Phi) is 10.4. The lowest BCUT2D eigenvalue weighted by Gasteiger charge is -2.29. The molecular formula is C25H37F2N3O5. The number of nitrogens with zero attached hydrogens (tertiary/aromatic N) is 1. The standard InChI is InChI=1S/C25H37F2N3O5/c1-3-4-6-35-20-13-21(28-14-20)24(32)22(10-16-8-18(26)12-19(27)9-16)29-25(33)17-11-23(31)30(15-17)5-7-34-2/h8-9,12,17,20-22,24,28,32H,3-7,10-11,13-15H2,1-2H3,(H,29,33)/t17?,20-,21-,22+,24-/m1/s1. The summed E-state index contributed by atoms with van der Waals surface area (Å²) < 4.78 is 38.5. The van der Waals surface area contributed by atoms with Gasteiger partial charge in [0.25, 0.3) is 0 Å². The minimum atomic E-state index is -1.02. The summed E-state index contributed by atoms with van der Waals surface area (Å²) in [5, 5.41) is 17.3. The first-order valence-corrected chi connectivity index (χ1v) is 12.4. The predicted octanol–water partition coefficient (Wildman–Crippen LogP) is 1.40. The van der Waals surface area contributed by atoms with Crippen molar-refractivity contribution in [2.24, 2.45) is 5.92 Å². The second kappa shape index (κ2) is 13.2. The quantitative estimate of drug-likeness (QED) is 0.356. The summed E-state index contributed by atoms with van der Waals surface area (Å²) in [7, 11) is 1.54. The van der Waals surface area contributed by atoms with Gasteiger partial charge in [0.15, 0.2) is 0 Å². The molecule has 2 fully saturated rings. The van der Waals surface area contributed by atoms with E-state index in [2.05, 4.69) is 17.6 Å². The number of halogens is 2. The number of unbranched alkanes of at least 4 members (excludes halogenated alkanes) is 1. The van der Waals surface area contributed by atoms with E-state index in [9.17, 15) is 23.5 Å². The molecule has 2 amide bonds. The van der Waals surface area contributed by atoms with Crippen molar-refractivity contribution in [2.45, 2.75) is 63.3 Å². The van der Waals surface area contributed by atoms with E-state index in [1.165, 1.54) is 12.1 Å². The number of aliphatic hydroxyl groups excluding tert-OH is 1. The molecular weight excluding hydrogens is 460 g/mol. The SMILES string of the molecule is CCCCO[C@H]1CN[C@@H]([C@@H](O)[C@H](Cc2cc(F)cc(F)c2)NC(=O)C2CC(=O)N(CCOC)C2)C1. The fourth-order valence-corrected chi connectivity index (χ4v) is 4.70. The number of hydrogen-bond acceptors (Lipinski definition) is 6. The lowest BCUT2D eigenvalue weighted by atomic mass is 9.94. The predicted molar refractivity (Wildman–Crippen MR) is 126 cm³/mol. The van der Waals surface area contributed by atoms with Gasteiger partial charge in [-0.1, -0.05) is 13.3 Å². The highest BCUT2D eigenvalue weighted by Crippen LogP contribution is 2.22. The molecule has 0 aromatic heterocycles. The Bertz CT molecular complexity index is 838. The fourth-order valence-electron chi connectivity index (χ4n) is 4.70. The number of likely N-dealkylation sites (tertiary alicyclic amines) is 1. The number of nitrogens with one attached hydrogen (secondary N) is 2. The van der Waals surface area contributed by atoms with Gasteiger partial charge in [-0.2, -0.15) is 0 Å². The number of aliphatic hydroxyl groups is 1. The maximum atomic E-state index is 13.8. The zero-order valence-electron chi connectivity index (χ0n) is 20.5. The third-order valence-electron chi connectivity index (χ3n) is 6.66. The Labute approximate surface area is 205 Å². The first-order chi connectivity index (χ1) is 16.8. The molecule has 1 unspecified atom stereocenters. The third kappa shape index (κ3) is 7.93. The van der Waals surface area contributed by atoms with Crippen LogP contribution in [-0.4, -0.2) is 86.1 Å². The highest BCUT2D eigenvalue weighted by Gasteiger charge is 2.38. The monoisotopic (exact) mass is 497 g/mol. The maximum absolute atomic E-state index is 13.8. The molecule has 2 saturated heterocycles. The highest BCUT2D eigenvalue weighted by atomic mass is 19.1. The van der Waals surface area contributed by atoms with Crippen molar-refractivity contribution in [3.05, 3.63) is 35.4 Å². The number of benzene rings is 1. The Hall–Kier alpha value is -2.14. The third-order valence-corrected chi connectivity index (χ3v) is 6.66. The van der Waals surface area contributed by atoms with Crippen LogP contribution in [0.4, 0.5) is 8.78 Å². The molecule has 2 aliphatic rings. The molecule has 1 aromatic carbocycles. The summed E-state index contributed by atoms with van der Waals surface area (Å²) in [4.78, 5) is 26.9. The molecule has 2 aliphatic heterocycles. The molecule has 3 rings (SSSR count). The molecule has 1 aromatic rings. The van der Waals surface area contributed by atoms with Gasteiger partial charge in [0.05, 0.1) is 30.8 Å². The van der Waals surface area contributed by atoms with Crippen LogP contribution in [0.15, 0.2) is 18.2 Å². The van der Waals surface area contributed by atoms with E-state index in [1.54, 1.807) is 12.0 Å².